The van der Waals surface area contributed by atoms with Crippen LogP contribution in [0.25, 0.3) is 22.0 Å². The molecule has 0 bridgehead atoms. The van der Waals surface area contributed by atoms with Crippen LogP contribution in [0.15, 0.2) is 87.2 Å². The normalized spacial score (nSPS) is 15.3. The zero-order valence-corrected chi connectivity index (χ0v) is 21.0. The van der Waals surface area contributed by atoms with Gasteiger partial charge in [0.25, 0.3) is 5.56 Å². The van der Waals surface area contributed by atoms with E-state index in [1.165, 1.54) is 5.01 Å². The fourth-order valence-corrected chi connectivity index (χ4v) is 4.95. The Morgan fingerprint density at radius 3 is 2.51 bits per heavy atom. The summed E-state index contributed by atoms with van der Waals surface area (Å²) in [6, 6.07) is 23.0. The smallest absolute Gasteiger partial charge is 0.258 e. The highest BCUT2D eigenvalue weighted by atomic mass is 79.9. The summed E-state index contributed by atoms with van der Waals surface area (Å²) in [6.45, 7) is 1.82. The number of carbonyl (C=O) groups excluding carboxylic acids is 1. The maximum absolute atomic E-state index is 13.5. The molecule has 1 aliphatic rings. The third-order valence-corrected chi connectivity index (χ3v) is 6.79. The van der Waals surface area contributed by atoms with E-state index in [0.717, 1.165) is 37.8 Å². The van der Waals surface area contributed by atoms with Gasteiger partial charge in [-0.1, -0.05) is 65.3 Å². The molecule has 0 radical (unpaired) electrons. The number of aromatic nitrogens is 1. The van der Waals surface area contributed by atoms with Crippen molar-refractivity contribution in [3.63, 3.8) is 0 Å². The Labute approximate surface area is 211 Å². The molecule has 6 nitrogen and oxygen atoms in total. The molecule has 176 valence electrons. The van der Waals surface area contributed by atoms with Crippen molar-refractivity contribution in [2.24, 2.45) is 5.10 Å². The first-order valence-corrected chi connectivity index (χ1v) is 12.2. The number of nitrogens with one attached hydrogen (secondary N) is 1. The topological polar surface area (TPSA) is 74.8 Å². The predicted octanol–water partition coefficient (Wildman–Crippen LogP) is 6.05. The maximum Gasteiger partial charge on any atom is 0.258 e. The summed E-state index contributed by atoms with van der Waals surface area (Å²) in [5.74, 6) is 0.645. The number of fused-ring (bicyclic) bond motifs is 1. The standard InChI is InChI=1S/C28H24BrN3O3/c1-3-25(33)32-24(17-9-12-20(35-2)13-10-17)16-23(31-32)27-26(18-7-5-4-6-8-18)21-15-19(29)11-14-22(21)30-28(27)34/h4-15,24H,3,16H2,1-2H3,(H,30,34)/t24-/m0/s1. The number of H-pyrrole nitrogens is 1. The minimum atomic E-state index is -0.301. The molecule has 35 heavy (non-hydrogen) atoms. The Morgan fingerprint density at radius 1 is 1.09 bits per heavy atom. The molecule has 1 aliphatic heterocycles. The van der Waals surface area contributed by atoms with Crippen LogP contribution in [0.3, 0.4) is 0 Å². The first kappa shape index (κ1) is 23.1. The van der Waals surface area contributed by atoms with Crippen LogP contribution >= 0.6 is 15.9 Å². The van der Waals surface area contributed by atoms with E-state index < -0.39 is 0 Å². The lowest BCUT2D eigenvalue weighted by molar-refractivity contribution is -0.132. The molecule has 0 spiro atoms. The number of benzene rings is 3. The van der Waals surface area contributed by atoms with Crippen molar-refractivity contribution >= 4 is 38.5 Å². The van der Waals surface area contributed by atoms with Gasteiger partial charge < -0.3 is 9.72 Å². The quantitative estimate of drug-likeness (QED) is 0.341. The van der Waals surface area contributed by atoms with E-state index in [4.69, 9.17) is 9.84 Å². The predicted molar refractivity (Wildman–Crippen MR) is 142 cm³/mol. The minimum Gasteiger partial charge on any atom is -0.497 e. The summed E-state index contributed by atoms with van der Waals surface area (Å²) in [7, 11) is 1.62. The van der Waals surface area contributed by atoms with E-state index in [1.54, 1.807) is 7.11 Å². The third kappa shape index (κ3) is 4.28. The third-order valence-electron chi connectivity index (χ3n) is 6.30. The highest BCUT2D eigenvalue weighted by Crippen LogP contribution is 2.38. The Hall–Kier alpha value is -3.71. The number of carbonyl (C=O) groups is 1. The van der Waals surface area contributed by atoms with Crippen LogP contribution < -0.4 is 10.3 Å². The maximum atomic E-state index is 13.5. The number of methoxy groups -OCH3 is 1. The van der Waals surface area contributed by atoms with Gasteiger partial charge in [0.2, 0.25) is 5.91 Å². The molecule has 0 saturated carbocycles. The Kier molecular flexibility index (Phi) is 6.26. The van der Waals surface area contributed by atoms with Gasteiger partial charge in [0.15, 0.2) is 0 Å². The second-order valence-corrected chi connectivity index (χ2v) is 9.31. The molecule has 1 atom stereocenters. The van der Waals surface area contributed by atoms with E-state index in [9.17, 15) is 9.59 Å². The number of nitrogens with zero attached hydrogens (tertiary/aromatic N) is 2. The van der Waals surface area contributed by atoms with Crippen LogP contribution in [0.5, 0.6) is 5.75 Å². The molecule has 0 aliphatic carbocycles. The van der Waals surface area contributed by atoms with Gasteiger partial charge in [0, 0.05) is 33.8 Å². The molecule has 0 unspecified atom stereocenters. The van der Waals surface area contributed by atoms with Crippen molar-refractivity contribution in [3.8, 4) is 16.9 Å². The number of halogens is 1. The van der Waals surface area contributed by atoms with Crippen LogP contribution in [0.4, 0.5) is 0 Å². The van der Waals surface area contributed by atoms with Gasteiger partial charge in [-0.25, -0.2) is 5.01 Å². The minimum absolute atomic E-state index is 0.0953. The van der Waals surface area contributed by atoms with Crippen molar-refractivity contribution in [2.45, 2.75) is 25.8 Å². The molecule has 2 heterocycles. The molecule has 3 aromatic carbocycles. The number of rotatable bonds is 5. The van der Waals surface area contributed by atoms with Gasteiger partial charge in [-0.3, -0.25) is 9.59 Å². The van der Waals surface area contributed by atoms with Crippen LogP contribution in [-0.4, -0.2) is 28.7 Å². The molecule has 0 saturated heterocycles. The molecule has 1 aromatic heterocycles. The second kappa shape index (κ2) is 9.50. The van der Waals surface area contributed by atoms with E-state index in [0.29, 0.717) is 24.1 Å². The number of hydrogen-bond donors (Lipinski definition) is 1. The summed E-state index contributed by atoms with van der Waals surface area (Å²) < 4.78 is 6.20. The summed E-state index contributed by atoms with van der Waals surface area (Å²) in [6.07, 6.45) is 0.747. The highest BCUT2D eigenvalue weighted by Gasteiger charge is 2.34. The van der Waals surface area contributed by atoms with Crippen molar-refractivity contribution in [1.29, 1.82) is 0 Å². The van der Waals surface area contributed by atoms with Gasteiger partial charge in [-0.2, -0.15) is 5.10 Å². The lowest BCUT2D eigenvalue weighted by Crippen LogP contribution is -2.26. The molecule has 1 amide bonds. The zero-order valence-electron chi connectivity index (χ0n) is 19.4. The summed E-state index contributed by atoms with van der Waals surface area (Å²) in [4.78, 5) is 29.4. The first-order valence-electron chi connectivity index (χ1n) is 11.4. The number of amides is 1. The molecule has 5 rings (SSSR count). The molecule has 4 aromatic rings. The van der Waals surface area contributed by atoms with Gasteiger partial charge in [-0.15, -0.1) is 0 Å². The van der Waals surface area contributed by atoms with E-state index in [2.05, 4.69) is 20.9 Å². The first-order chi connectivity index (χ1) is 17.0. The average Bonchev–Trinajstić information content (AvgIpc) is 3.33. The van der Waals surface area contributed by atoms with Gasteiger partial charge in [0.1, 0.15) is 5.75 Å². The number of hydrazone groups is 1. The van der Waals surface area contributed by atoms with Crippen LogP contribution in [0.1, 0.15) is 36.9 Å². The zero-order chi connectivity index (χ0) is 24.5. The number of aromatic amines is 1. The van der Waals surface area contributed by atoms with E-state index >= 15 is 0 Å². The Balaban J connectivity index is 1.71. The number of hydrogen-bond acceptors (Lipinski definition) is 4. The molecular weight excluding hydrogens is 506 g/mol. The lowest BCUT2D eigenvalue weighted by atomic mass is 9.91. The van der Waals surface area contributed by atoms with Crippen LogP contribution in [-0.2, 0) is 4.79 Å². The Morgan fingerprint density at radius 2 is 1.83 bits per heavy atom. The van der Waals surface area contributed by atoms with Gasteiger partial charge >= 0.3 is 0 Å². The van der Waals surface area contributed by atoms with Gasteiger partial charge in [0.05, 0.1) is 24.4 Å². The van der Waals surface area contributed by atoms with E-state index in [1.807, 2.05) is 79.7 Å². The number of pyridine rings is 1. The van der Waals surface area contributed by atoms with Crippen LogP contribution in [0.2, 0.25) is 0 Å². The second-order valence-electron chi connectivity index (χ2n) is 8.39. The van der Waals surface area contributed by atoms with Crippen molar-refractivity contribution < 1.29 is 9.53 Å². The summed E-state index contributed by atoms with van der Waals surface area (Å²) >= 11 is 3.57. The largest absolute Gasteiger partial charge is 0.497 e. The van der Waals surface area contributed by atoms with Crippen molar-refractivity contribution in [2.75, 3.05) is 7.11 Å². The summed E-state index contributed by atoms with van der Waals surface area (Å²) in [5.41, 5.74) is 4.27. The Bertz CT molecular complexity index is 1490. The van der Waals surface area contributed by atoms with Crippen molar-refractivity contribution in [1.82, 2.24) is 9.99 Å². The molecule has 1 N–H and O–H groups in total. The molecule has 7 heteroatoms. The fraction of sp³-hybridized carbons (Fsp3) is 0.179. The molecular formula is C28H24BrN3O3. The number of ether oxygens (including phenoxy) is 1. The highest BCUT2D eigenvalue weighted by molar-refractivity contribution is 9.10. The van der Waals surface area contributed by atoms with Crippen molar-refractivity contribution in [3.05, 3.63) is 98.7 Å². The van der Waals surface area contributed by atoms with E-state index in [-0.39, 0.29) is 17.5 Å². The average molecular weight is 530 g/mol. The molecule has 0 fully saturated rings. The lowest BCUT2D eigenvalue weighted by Gasteiger charge is -2.21. The SMILES string of the molecule is CCC(=O)N1N=C(c2c(-c3ccccc3)c3cc(Br)ccc3[nH]c2=O)C[C@H]1c1ccc(OC)cc1. The summed E-state index contributed by atoms with van der Waals surface area (Å²) in [5, 5.41) is 7.17. The van der Waals surface area contributed by atoms with Gasteiger partial charge in [-0.05, 0) is 41.5 Å². The monoisotopic (exact) mass is 529 g/mol. The van der Waals surface area contributed by atoms with Crippen LogP contribution in [0, 0.1) is 0 Å². The fourth-order valence-electron chi connectivity index (χ4n) is 4.58.